The number of hydrogen-bond acceptors (Lipinski definition) is 2. The highest BCUT2D eigenvalue weighted by molar-refractivity contribution is 5.33. The molecule has 2 aromatic carbocycles. The maximum Gasteiger partial charge on any atom is 0.416 e. The van der Waals surface area contributed by atoms with Crippen molar-refractivity contribution < 1.29 is 17.9 Å². The van der Waals surface area contributed by atoms with E-state index in [1.807, 2.05) is 55.5 Å². The minimum absolute atomic E-state index is 0.414. The molecule has 156 valence electrons. The van der Waals surface area contributed by atoms with Crippen molar-refractivity contribution in [1.29, 1.82) is 0 Å². The van der Waals surface area contributed by atoms with Crippen LogP contribution in [0.25, 0.3) is 0 Å². The van der Waals surface area contributed by atoms with Crippen molar-refractivity contribution in [3.63, 3.8) is 0 Å². The number of rotatable bonds is 8. The Kier molecular flexibility index (Phi) is 6.60. The van der Waals surface area contributed by atoms with Crippen LogP contribution in [0.15, 0.2) is 85.5 Å². The minimum Gasteiger partial charge on any atom is -0.439 e. The average molecular weight is 411 g/mol. The van der Waals surface area contributed by atoms with Gasteiger partial charge >= 0.3 is 6.18 Å². The third-order valence-electron chi connectivity index (χ3n) is 5.20. The van der Waals surface area contributed by atoms with Crippen LogP contribution in [-0.4, -0.2) is 4.98 Å². The topological polar surface area (TPSA) is 22.1 Å². The van der Waals surface area contributed by atoms with Gasteiger partial charge in [-0.3, -0.25) is 0 Å². The van der Waals surface area contributed by atoms with Crippen LogP contribution in [0, 0.1) is 0 Å². The zero-order valence-corrected chi connectivity index (χ0v) is 16.8. The van der Waals surface area contributed by atoms with Crippen molar-refractivity contribution in [2.45, 2.75) is 37.8 Å². The lowest BCUT2D eigenvalue weighted by atomic mass is 9.78. The summed E-state index contributed by atoms with van der Waals surface area (Å²) in [5, 5.41) is 0. The van der Waals surface area contributed by atoms with Crippen molar-refractivity contribution in [3.8, 4) is 11.6 Å². The Morgan fingerprint density at radius 3 is 2.20 bits per heavy atom. The predicted molar refractivity (Wildman–Crippen MR) is 113 cm³/mol. The second-order valence-corrected chi connectivity index (χ2v) is 7.43. The van der Waals surface area contributed by atoms with E-state index >= 15 is 0 Å². The first-order valence-corrected chi connectivity index (χ1v) is 9.80. The number of alkyl halides is 3. The van der Waals surface area contributed by atoms with Gasteiger partial charge in [0.2, 0.25) is 5.88 Å². The molecule has 0 saturated carbocycles. The Hall–Kier alpha value is -3.08. The second kappa shape index (κ2) is 9.16. The molecule has 1 atom stereocenters. The molecule has 0 radical (unpaired) electrons. The number of pyridine rings is 1. The minimum atomic E-state index is -4.33. The molecule has 5 heteroatoms. The van der Waals surface area contributed by atoms with Gasteiger partial charge in [-0.25, -0.2) is 4.98 Å². The zero-order valence-electron chi connectivity index (χ0n) is 16.8. The molecular formula is C25H24F3NO. The first-order valence-electron chi connectivity index (χ1n) is 9.80. The van der Waals surface area contributed by atoms with E-state index in [0.29, 0.717) is 5.88 Å². The molecule has 0 bridgehead atoms. The summed E-state index contributed by atoms with van der Waals surface area (Å²) in [5.41, 5.74) is 0.668. The summed E-state index contributed by atoms with van der Waals surface area (Å²) >= 11 is 0. The molecule has 0 fully saturated rings. The molecule has 1 unspecified atom stereocenters. The van der Waals surface area contributed by atoms with Crippen molar-refractivity contribution >= 4 is 0 Å². The van der Waals surface area contributed by atoms with E-state index in [-0.39, 0.29) is 0 Å². The standard InChI is InChI=1S/C25H24F3NO/c1-3-24(2,19-14-16-20(17-15-19)25(26,27)28)18-8-10-21-9-7-13-23(29-21)30-22-11-5-4-6-12-22/h3-7,9,11-17H,1,8,10,18H2,2H3. The quantitative estimate of drug-likeness (QED) is 0.361. The molecule has 0 aliphatic carbocycles. The highest BCUT2D eigenvalue weighted by Crippen LogP contribution is 2.34. The first kappa shape index (κ1) is 21.6. The monoisotopic (exact) mass is 411 g/mol. The van der Waals surface area contributed by atoms with Gasteiger partial charge < -0.3 is 4.74 Å². The van der Waals surface area contributed by atoms with E-state index in [1.54, 1.807) is 6.08 Å². The lowest BCUT2D eigenvalue weighted by molar-refractivity contribution is -0.137. The Bertz CT molecular complexity index is 968. The molecule has 0 saturated heterocycles. The smallest absolute Gasteiger partial charge is 0.416 e. The van der Waals surface area contributed by atoms with Crippen molar-refractivity contribution in [3.05, 3.63) is 102 Å². The molecule has 3 rings (SSSR count). The van der Waals surface area contributed by atoms with E-state index in [0.717, 1.165) is 48.4 Å². The van der Waals surface area contributed by atoms with Gasteiger partial charge in [-0.15, -0.1) is 6.58 Å². The molecule has 30 heavy (non-hydrogen) atoms. The third-order valence-corrected chi connectivity index (χ3v) is 5.20. The molecule has 0 aliphatic heterocycles. The summed E-state index contributed by atoms with van der Waals surface area (Å²) < 4.78 is 44.2. The predicted octanol–water partition coefficient (Wildman–Crippen LogP) is 7.36. The molecule has 2 nitrogen and oxygen atoms in total. The molecule has 0 N–H and O–H groups in total. The second-order valence-electron chi connectivity index (χ2n) is 7.43. The maximum absolute atomic E-state index is 12.8. The van der Waals surface area contributed by atoms with Gasteiger partial charge in [0.1, 0.15) is 5.75 Å². The van der Waals surface area contributed by atoms with E-state index in [2.05, 4.69) is 11.6 Å². The van der Waals surface area contributed by atoms with Crippen LogP contribution in [0.1, 0.15) is 36.6 Å². The van der Waals surface area contributed by atoms with Crippen LogP contribution in [0.5, 0.6) is 11.6 Å². The number of aryl methyl sites for hydroxylation is 1. The van der Waals surface area contributed by atoms with E-state index in [4.69, 9.17) is 4.74 Å². The van der Waals surface area contributed by atoms with Gasteiger partial charge in [0.05, 0.1) is 5.56 Å². The normalized spacial score (nSPS) is 13.5. The van der Waals surface area contributed by atoms with Crippen LogP contribution < -0.4 is 4.74 Å². The highest BCUT2D eigenvalue weighted by Gasteiger charge is 2.31. The largest absolute Gasteiger partial charge is 0.439 e. The summed E-state index contributed by atoms with van der Waals surface area (Å²) in [4.78, 5) is 4.55. The summed E-state index contributed by atoms with van der Waals surface area (Å²) in [5.74, 6) is 1.26. The number of nitrogens with zero attached hydrogens (tertiary/aromatic N) is 1. The number of ether oxygens (including phenoxy) is 1. The van der Waals surface area contributed by atoms with E-state index < -0.39 is 17.2 Å². The zero-order chi connectivity index (χ0) is 21.6. The molecular weight excluding hydrogens is 387 g/mol. The summed E-state index contributed by atoms with van der Waals surface area (Å²) in [6.07, 6.45) is -0.242. The van der Waals surface area contributed by atoms with Crippen LogP contribution in [0.4, 0.5) is 13.2 Å². The van der Waals surface area contributed by atoms with Gasteiger partial charge in [0.15, 0.2) is 0 Å². The molecule has 0 aliphatic rings. The van der Waals surface area contributed by atoms with Crippen LogP contribution in [0.3, 0.4) is 0 Å². The average Bonchev–Trinajstić information content (AvgIpc) is 2.74. The fourth-order valence-electron chi connectivity index (χ4n) is 3.30. The number of benzene rings is 2. The number of allylic oxidation sites excluding steroid dienone is 1. The van der Waals surface area contributed by atoms with E-state index in [1.165, 1.54) is 12.1 Å². The van der Waals surface area contributed by atoms with Gasteiger partial charge in [0.25, 0.3) is 0 Å². The Labute approximate surface area is 175 Å². The molecule has 0 spiro atoms. The van der Waals surface area contributed by atoms with Crippen molar-refractivity contribution in [1.82, 2.24) is 4.98 Å². The summed E-state index contributed by atoms with van der Waals surface area (Å²) in [6.45, 7) is 5.90. The summed E-state index contributed by atoms with van der Waals surface area (Å²) in [6, 6.07) is 20.5. The third kappa shape index (κ3) is 5.50. The van der Waals surface area contributed by atoms with Crippen molar-refractivity contribution in [2.75, 3.05) is 0 Å². The lowest BCUT2D eigenvalue weighted by Crippen LogP contribution is -2.19. The molecule has 0 amide bonds. The van der Waals surface area contributed by atoms with E-state index in [9.17, 15) is 13.2 Å². The van der Waals surface area contributed by atoms with Gasteiger partial charge in [0, 0.05) is 17.2 Å². The molecule has 3 aromatic rings. The van der Waals surface area contributed by atoms with Gasteiger partial charge in [-0.05, 0) is 55.2 Å². The highest BCUT2D eigenvalue weighted by atomic mass is 19.4. The fourth-order valence-corrected chi connectivity index (χ4v) is 3.30. The number of hydrogen-bond donors (Lipinski definition) is 0. The van der Waals surface area contributed by atoms with Crippen LogP contribution in [0.2, 0.25) is 0 Å². The van der Waals surface area contributed by atoms with Crippen LogP contribution >= 0.6 is 0 Å². The SMILES string of the molecule is C=CC(C)(CCCc1cccc(Oc2ccccc2)n1)c1ccc(C(F)(F)F)cc1. The molecule has 1 heterocycles. The van der Waals surface area contributed by atoms with Gasteiger partial charge in [-0.1, -0.05) is 49.4 Å². The number of para-hydroxylation sites is 1. The fraction of sp³-hybridized carbons (Fsp3) is 0.240. The summed E-state index contributed by atoms with van der Waals surface area (Å²) in [7, 11) is 0. The first-order chi connectivity index (χ1) is 14.3. The Morgan fingerprint density at radius 1 is 0.900 bits per heavy atom. The molecule has 1 aromatic heterocycles. The number of halogens is 3. The van der Waals surface area contributed by atoms with Gasteiger partial charge in [-0.2, -0.15) is 13.2 Å². The number of aromatic nitrogens is 1. The van der Waals surface area contributed by atoms with Crippen LogP contribution in [-0.2, 0) is 18.0 Å². The lowest BCUT2D eigenvalue weighted by Gasteiger charge is -2.27. The van der Waals surface area contributed by atoms with Crippen molar-refractivity contribution in [2.24, 2.45) is 0 Å². The maximum atomic E-state index is 12.8. The Balaban J connectivity index is 1.63. The Morgan fingerprint density at radius 2 is 1.57 bits per heavy atom.